The Morgan fingerprint density at radius 2 is 2.17 bits per heavy atom. The van der Waals surface area contributed by atoms with Gasteiger partial charge in [-0.1, -0.05) is 6.07 Å². The maximum atomic E-state index is 12.3. The van der Waals surface area contributed by atoms with E-state index in [4.69, 9.17) is 4.74 Å². The molecule has 2 aliphatic heterocycles. The highest BCUT2D eigenvalue weighted by atomic mass is 32.2. The van der Waals surface area contributed by atoms with Crippen LogP contribution in [-0.4, -0.2) is 44.7 Å². The van der Waals surface area contributed by atoms with Gasteiger partial charge in [-0.05, 0) is 11.4 Å². The van der Waals surface area contributed by atoms with E-state index in [1.165, 1.54) is 11.3 Å². The van der Waals surface area contributed by atoms with Crippen LogP contribution in [0.5, 0.6) is 0 Å². The summed E-state index contributed by atoms with van der Waals surface area (Å²) in [5.41, 5.74) is -0.276. The first-order chi connectivity index (χ1) is 8.62. The van der Waals surface area contributed by atoms with Crippen molar-refractivity contribution in [1.82, 2.24) is 9.62 Å². The van der Waals surface area contributed by atoms with E-state index in [1.807, 2.05) is 0 Å². The van der Waals surface area contributed by atoms with Crippen LogP contribution in [0.1, 0.15) is 12.8 Å². The van der Waals surface area contributed by atoms with Gasteiger partial charge >= 0.3 is 0 Å². The fraction of sp³-hybridized carbons (Fsp3) is 0.636. The van der Waals surface area contributed by atoms with Gasteiger partial charge in [-0.2, -0.15) is 4.31 Å². The van der Waals surface area contributed by atoms with Crippen LogP contribution in [-0.2, 0) is 14.8 Å². The Balaban J connectivity index is 1.73. The SMILES string of the molecule is O=S(=O)(c1cccs1)N1CCC2(CC1)NCCO2. The molecule has 2 aliphatic rings. The first-order valence-corrected chi connectivity index (χ1v) is 8.37. The highest BCUT2D eigenvalue weighted by Gasteiger charge is 2.41. The van der Waals surface area contributed by atoms with E-state index in [-0.39, 0.29) is 5.72 Å². The second-order valence-electron chi connectivity index (χ2n) is 4.61. The summed E-state index contributed by atoms with van der Waals surface area (Å²) in [5, 5.41) is 5.13. The minimum atomic E-state index is -3.30. The Hall–Kier alpha value is -0.470. The van der Waals surface area contributed by atoms with Gasteiger partial charge < -0.3 is 4.74 Å². The van der Waals surface area contributed by atoms with Crippen molar-refractivity contribution in [3.8, 4) is 0 Å². The van der Waals surface area contributed by atoms with Gasteiger partial charge in [0.2, 0.25) is 0 Å². The van der Waals surface area contributed by atoms with E-state index in [0.29, 0.717) is 17.3 Å². The molecular weight excluding hydrogens is 272 g/mol. The predicted octanol–water partition coefficient (Wildman–Crippen LogP) is 0.849. The van der Waals surface area contributed by atoms with Crippen molar-refractivity contribution < 1.29 is 13.2 Å². The third-order valence-corrected chi connectivity index (χ3v) is 6.82. The lowest BCUT2D eigenvalue weighted by atomic mass is 10.0. The van der Waals surface area contributed by atoms with Crippen LogP contribution in [0.2, 0.25) is 0 Å². The summed E-state index contributed by atoms with van der Waals surface area (Å²) in [6.45, 7) is 2.62. The van der Waals surface area contributed by atoms with Crippen LogP contribution in [0.3, 0.4) is 0 Å². The lowest BCUT2D eigenvalue weighted by Crippen LogP contribution is -2.52. The third kappa shape index (κ3) is 2.10. The molecule has 18 heavy (non-hydrogen) atoms. The maximum Gasteiger partial charge on any atom is 0.252 e. The summed E-state index contributed by atoms with van der Waals surface area (Å²) in [7, 11) is -3.30. The summed E-state index contributed by atoms with van der Waals surface area (Å²) in [6, 6.07) is 3.43. The van der Waals surface area contributed by atoms with Gasteiger partial charge in [-0.25, -0.2) is 8.42 Å². The molecule has 1 N–H and O–H groups in total. The zero-order valence-corrected chi connectivity index (χ0v) is 11.6. The van der Waals surface area contributed by atoms with E-state index < -0.39 is 10.0 Å². The van der Waals surface area contributed by atoms with Crippen LogP contribution in [0.4, 0.5) is 0 Å². The normalized spacial score (nSPS) is 24.7. The van der Waals surface area contributed by atoms with Crippen LogP contribution in [0, 0.1) is 0 Å². The second kappa shape index (κ2) is 4.57. The molecule has 1 aromatic heterocycles. The minimum absolute atomic E-state index is 0.276. The van der Waals surface area contributed by atoms with E-state index in [2.05, 4.69) is 5.32 Å². The van der Waals surface area contributed by atoms with E-state index in [9.17, 15) is 8.42 Å². The van der Waals surface area contributed by atoms with Crippen LogP contribution >= 0.6 is 11.3 Å². The zero-order chi connectivity index (χ0) is 12.6. The number of nitrogens with one attached hydrogen (secondary N) is 1. The molecule has 0 unspecified atom stereocenters. The Morgan fingerprint density at radius 1 is 1.39 bits per heavy atom. The van der Waals surface area contributed by atoms with Crippen molar-refractivity contribution in [1.29, 1.82) is 0 Å². The molecule has 0 radical (unpaired) electrons. The lowest BCUT2D eigenvalue weighted by molar-refractivity contribution is -0.0445. The monoisotopic (exact) mass is 288 g/mol. The smallest absolute Gasteiger partial charge is 0.252 e. The van der Waals surface area contributed by atoms with Crippen molar-refractivity contribution >= 4 is 21.4 Å². The summed E-state index contributed by atoms with van der Waals surface area (Å²) in [4.78, 5) is 0. The van der Waals surface area contributed by atoms with Gasteiger partial charge in [0.1, 0.15) is 9.93 Å². The van der Waals surface area contributed by atoms with Crippen molar-refractivity contribution in [2.45, 2.75) is 22.8 Å². The number of hydrogen-bond acceptors (Lipinski definition) is 5. The lowest BCUT2D eigenvalue weighted by Gasteiger charge is -2.37. The van der Waals surface area contributed by atoms with E-state index in [1.54, 1.807) is 21.8 Å². The first-order valence-electron chi connectivity index (χ1n) is 6.05. The highest BCUT2D eigenvalue weighted by molar-refractivity contribution is 7.91. The molecule has 3 heterocycles. The number of hydrogen-bond donors (Lipinski definition) is 1. The molecule has 0 saturated carbocycles. The number of ether oxygens (including phenoxy) is 1. The van der Waals surface area contributed by atoms with Gasteiger partial charge in [0.05, 0.1) is 6.61 Å². The molecule has 3 rings (SSSR count). The summed E-state index contributed by atoms with van der Waals surface area (Å²) in [5.74, 6) is 0. The first kappa shape index (κ1) is 12.6. The Bertz CT molecular complexity index is 496. The Kier molecular flexibility index (Phi) is 3.19. The molecule has 0 bridgehead atoms. The molecular formula is C11H16N2O3S2. The number of sulfonamides is 1. The van der Waals surface area contributed by atoms with Crippen molar-refractivity contribution in [2.24, 2.45) is 0 Å². The van der Waals surface area contributed by atoms with Crippen LogP contribution in [0.15, 0.2) is 21.7 Å². The van der Waals surface area contributed by atoms with Gasteiger partial charge in [0.15, 0.2) is 0 Å². The molecule has 5 nitrogen and oxygen atoms in total. The second-order valence-corrected chi connectivity index (χ2v) is 7.72. The third-order valence-electron chi connectivity index (χ3n) is 3.55. The highest BCUT2D eigenvalue weighted by Crippen LogP contribution is 2.30. The van der Waals surface area contributed by atoms with E-state index >= 15 is 0 Å². The molecule has 0 amide bonds. The average molecular weight is 288 g/mol. The van der Waals surface area contributed by atoms with Crippen molar-refractivity contribution in [3.63, 3.8) is 0 Å². The quantitative estimate of drug-likeness (QED) is 0.876. The minimum Gasteiger partial charge on any atom is -0.359 e. The molecule has 2 fully saturated rings. The number of rotatable bonds is 2. The maximum absolute atomic E-state index is 12.3. The molecule has 100 valence electrons. The molecule has 1 spiro atoms. The number of piperidine rings is 1. The largest absolute Gasteiger partial charge is 0.359 e. The summed E-state index contributed by atoms with van der Waals surface area (Å²) in [6.07, 6.45) is 1.44. The molecule has 7 heteroatoms. The molecule has 1 aromatic rings. The molecule has 2 saturated heterocycles. The Morgan fingerprint density at radius 3 is 2.72 bits per heavy atom. The molecule has 0 aromatic carbocycles. The van der Waals surface area contributed by atoms with Gasteiger partial charge in [-0.15, -0.1) is 11.3 Å². The summed E-state index contributed by atoms with van der Waals surface area (Å²) < 4.78 is 32.3. The summed E-state index contributed by atoms with van der Waals surface area (Å²) >= 11 is 1.27. The molecule has 0 aliphatic carbocycles. The zero-order valence-electron chi connectivity index (χ0n) is 9.96. The topological polar surface area (TPSA) is 58.6 Å². The Labute approximate surface area is 111 Å². The van der Waals surface area contributed by atoms with Crippen LogP contribution in [0.25, 0.3) is 0 Å². The predicted molar refractivity (Wildman–Crippen MR) is 69.0 cm³/mol. The fourth-order valence-corrected chi connectivity index (χ4v) is 5.11. The fourth-order valence-electron chi connectivity index (χ4n) is 2.52. The van der Waals surface area contributed by atoms with Crippen molar-refractivity contribution in [3.05, 3.63) is 17.5 Å². The van der Waals surface area contributed by atoms with Crippen LogP contribution < -0.4 is 5.32 Å². The van der Waals surface area contributed by atoms with Crippen molar-refractivity contribution in [2.75, 3.05) is 26.2 Å². The average Bonchev–Trinajstić information content (AvgIpc) is 3.01. The number of thiophene rings is 1. The van der Waals surface area contributed by atoms with Gasteiger partial charge in [-0.3, -0.25) is 5.32 Å². The van der Waals surface area contributed by atoms with Gasteiger partial charge in [0, 0.05) is 32.5 Å². The van der Waals surface area contributed by atoms with Gasteiger partial charge in [0.25, 0.3) is 10.0 Å². The standard InChI is InChI=1S/C11H16N2O3S2/c14-18(15,10-2-1-9-17-10)13-6-3-11(4-7-13)12-5-8-16-11/h1-2,9,12H,3-8H2. The number of nitrogens with zero attached hydrogens (tertiary/aromatic N) is 1. The molecule has 0 atom stereocenters. The van der Waals surface area contributed by atoms with E-state index in [0.717, 1.165) is 26.0 Å².